The topological polar surface area (TPSA) is 52.1 Å². The molecule has 1 aromatic heterocycles. The van der Waals surface area contributed by atoms with Crippen molar-refractivity contribution in [3.05, 3.63) is 23.8 Å². The van der Waals surface area contributed by atoms with Crippen molar-refractivity contribution in [3.63, 3.8) is 0 Å². The number of nitrogens with zero attached hydrogens (tertiary/aromatic N) is 2. The molecule has 0 amide bonds. The van der Waals surface area contributed by atoms with E-state index in [0.29, 0.717) is 5.69 Å². The Morgan fingerprint density at radius 3 is 2.92 bits per heavy atom. The van der Waals surface area contributed by atoms with Crippen LogP contribution in [-0.4, -0.2) is 23.0 Å². The lowest BCUT2D eigenvalue weighted by Gasteiger charge is -1.90. The molecule has 4 heteroatoms. The summed E-state index contributed by atoms with van der Waals surface area (Å²) in [6.07, 6.45) is 3.10. The summed E-state index contributed by atoms with van der Waals surface area (Å²) in [4.78, 5) is 18.5. The van der Waals surface area contributed by atoms with Gasteiger partial charge in [0.1, 0.15) is 5.69 Å². The number of hydrogen-bond acceptors (Lipinski definition) is 4. The monoisotopic (exact) mass is 176 g/mol. The molecule has 66 valence electrons. The first-order valence-electron chi connectivity index (χ1n) is 3.61. The van der Waals surface area contributed by atoms with Crippen LogP contribution in [-0.2, 0) is 9.53 Å². The molecule has 1 aromatic rings. The largest absolute Gasteiger partial charge is 0.459 e. The van der Waals surface area contributed by atoms with Crippen LogP contribution in [0.15, 0.2) is 12.4 Å². The van der Waals surface area contributed by atoms with E-state index in [9.17, 15) is 4.79 Å². The van der Waals surface area contributed by atoms with Crippen LogP contribution in [0.1, 0.15) is 11.4 Å². The third-order valence-electron chi connectivity index (χ3n) is 1.23. The van der Waals surface area contributed by atoms with Gasteiger partial charge < -0.3 is 4.74 Å². The molecule has 0 N–H and O–H groups in total. The predicted octanol–water partition coefficient (Wildman–Crippen LogP) is 0.310. The highest BCUT2D eigenvalue weighted by atomic mass is 16.5. The minimum atomic E-state index is -0.580. The lowest BCUT2D eigenvalue weighted by atomic mass is 10.4. The minimum absolute atomic E-state index is 0.463. The Labute approximate surface area is 76.0 Å². The van der Waals surface area contributed by atoms with Crippen LogP contribution in [0.25, 0.3) is 0 Å². The SMILES string of the molecule is COC(=O)C#Cc1cncc(C)n1. The Morgan fingerprint density at radius 1 is 1.54 bits per heavy atom. The van der Waals surface area contributed by atoms with E-state index in [1.54, 1.807) is 13.1 Å². The average molecular weight is 176 g/mol. The summed E-state index contributed by atoms with van der Waals surface area (Å²) in [7, 11) is 1.28. The number of esters is 1. The highest BCUT2D eigenvalue weighted by molar-refractivity contribution is 5.88. The number of methoxy groups -OCH3 is 1. The first-order valence-corrected chi connectivity index (χ1v) is 3.61. The highest BCUT2D eigenvalue weighted by Gasteiger charge is 1.92. The molecule has 0 aromatic carbocycles. The molecule has 0 radical (unpaired) electrons. The number of aromatic nitrogens is 2. The maximum atomic E-state index is 10.6. The second-order valence-corrected chi connectivity index (χ2v) is 2.29. The van der Waals surface area contributed by atoms with Gasteiger partial charge in [-0.3, -0.25) is 4.98 Å². The fourth-order valence-corrected chi connectivity index (χ4v) is 0.690. The summed E-state index contributed by atoms with van der Waals surface area (Å²) < 4.78 is 4.34. The van der Waals surface area contributed by atoms with E-state index < -0.39 is 5.97 Å². The van der Waals surface area contributed by atoms with Gasteiger partial charge in [-0.25, -0.2) is 9.78 Å². The lowest BCUT2D eigenvalue weighted by Crippen LogP contribution is -1.95. The van der Waals surface area contributed by atoms with Crippen LogP contribution >= 0.6 is 0 Å². The Bertz CT molecular complexity index is 377. The van der Waals surface area contributed by atoms with Crippen molar-refractivity contribution in [2.45, 2.75) is 6.92 Å². The first-order chi connectivity index (χ1) is 6.22. The number of ether oxygens (including phenoxy) is 1. The minimum Gasteiger partial charge on any atom is -0.459 e. The molecule has 4 nitrogen and oxygen atoms in total. The summed E-state index contributed by atoms with van der Waals surface area (Å²) in [5, 5.41) is 0. The molecule has 0 fully saturated rings. The van der Waals surface area contributed by atoms with Gasteiger partial charge >= 0.3 is 5.97 Å². The van der Waals surface area contributed by atoms with Crippen LogP contribution in [0.3, 0.4) is 0 Å². The smallest absolute Gasteiger partial charge is 0.384 e. The zero-order chi connectivity index (χ0) is 9.68. The number of rotatable bonds is 0. The first kappa shape index (κ1) is 9.20. The van der Waals surface area contributed by atoms with Crippen LogP contribution in [0.2, 0.25) is 0 Å². The molecule has 1 rings (SSSR count). The quantitative estimate of drug-likeness (QED) is 0.421. The normalized spacial score (nSPS) is 8.46. The van der Waals surface area contributed by atoms with Gasteiger partial charge in [-0.05, 0) is 12.8 Å². The molecule has 0 spiro atoms. The molecular weight excluding hydrogens is 168 g/mol. The van der Waals surface area contributed by atoms with Crippen molar-refractivity contribution < 1.29 is 9.53 Å². The van der Waals surface area contributed by atoms with Gasteiger partial charge in [0.05, 0.1) is 19.0 Å². The summed E-state index contributed by atoms with van der Waals surface area (Å²) in [6.45, 7) is 1.80. The Balaban J connectivity index is 2.83. The molecule has 0 atom stereocenters. The molecule has 0 saturated heterocycles. The molecule has 0 aliphatic heterocycles. The van der Waals surface area contributed by atoms with Gasteiger partial charge in [0.15, 0.2) is 0 Å². The number of carbonyl (C=O) groups is 1. The van der Waals surface area contributed by atoms with Crippen molar-refractivity contribution in [3.8, 4) is 11.8 Å². The van der Waals surface area contributed by atoms with Crippen LogP contribution < -0.4 is 0 Å². The van der Waals surface area contributed by atoms with Gasteiger partial charge in [-0.2, -0.15) is 0 Å². The van der Waals surface area contributed by atoms with Crippen LogP contribution in [0, 0.1) is 18.8 Å². The molecule has 1 heterocycles. The van der Waals surface area contributed by atoms with E-state index in [0.717, 1.165) is 5.69 Å². The van der Waals surface area contributed by atoms with Crippen molar-refractivity contribution in [1.82, 2.24) is 9.97 Å². The standard InChI is InChI=1S/C9H8N2O2/c1-7-5-10-6-8(11-7)3-4-9(12)13-2/h5-6H,1-2H3. The highest BCUT2D eigenvalue weighted by Crippen LogP contribution is 1.91. The Hall–Kier alpha value is -1.89. The summed E-state index contributed by atoms with van der Waals surface area (Å²) >= 11 is 0. The molecule has 13 heavy (non-hydrogen) atoms. The van der Waals surface area contributed by atoms with Gasteiger partial charge in [0, 0.05) is 12.1 Å². The maximum absolute atomic E-state index is 10.6. The van der Waals surface area contributed by atoms with Gasteiger partial charge in [-0.15, -0.1) is 0 Å². The van der Waals surface area contributed by atoms with E-state index >= 15 is 0 Å². The summed E-state index contributed by atoms with van der Waals surface area (Å²) in [6, 6.07) is 0. The number of hydrogen-bond donors (Lipinski definition) is 0. The second kappa shape index (κ2) is 4.21. The second-order valence-electron chi connectivity index (χ2n) is 2.29. The molecule has 0 aliphatic carbocycles. The van der Waals surface area contributed by atoms with E-state index in [2.05, 4.69) is 26.5 Å². The van der Waals surface area contributed by atoms with E-state index in [-0.39, 0.29) is 0 Å². The Morgan fingerprint density at radius 2 is 2.31 bits per heavy atom. The molecular formula is C9H8N2O2. The van der Waals surface area contributed by atoms with Crippen LogP contribution in [0.5, 0.6) is 0 Å². The summed E-state index contributed by atoms with van der Waals surface area (Å²) in [5.41, 5.74) is 1.22. The van der Waals surface area contributed by atoms with Crippen molar-refractivity contribution in [2.24, 2.45) is 0 Å². The van der Waals surface area contributed by atoms with Crippen molar-refractivity contribution >= 4 is 5.97 Å². The van der Waals surface area contributed by atoms with Crippen molar-refractivity contribution in [1.29, 1.82) is 0 Å². The van der Waals surface area contributed by atoms with Gasteiger partial charge in [0.2, 0.25) is 0 Å². The fourth-order valence-electron chi connectivity index (χ4n) is 0.690. The average Bonchev–Trinajstić information content (AvgIpc) is 2.14. The molecule has 0 unspecified atom stereocenters. The zero-order valence-electron chi connectivity index (χ0n) is 7.37. The fraction of sp³-hybridized carbons (Fsp3) is 0.222. The third kappa shape index (κ3) is 2.91. The maximum Gasteiger partial charge on any atom is 0.384 e. The lowest BCUT2D eigenvalue weighted by molar-refractivity contribution is -0.133. The van der Waals surface area contributed by atoms with E-state index in [1.807, 2.05) is 0 Å². The zero-order valence-corrected chi connectivity index (χ0v) is 7.37. The molecule has 0 saturated carbocycles. The molecule has 0 aliphatic rings. The Kier molecular flexibility index (Phi) is 2.98. The number of aryl methyl sites for hydroxylation is 1. The van der Waals surface area contributed by atoms with E-state index in [1.165, 1.54) is 13.3 Å². The van der Waals surface area contributed by atoms with Crippen LogP contribution in [0.4, 0.5) is 0 Å². The molecule has 0 bridgehead atoms. The third-order valence-corrected chi connectivity index (χ3v) is 1.23. The number of carbonyl (C=O) groups excluding carboxylic acids is 1. The van der Waals surface area contributed by atoms with Gasteiger partial charge in [-0.1, -0.05) is 0 Å². The predicted molar refractivity (Wildman–Crippen MR) is 45.7 cm³/mol. The van der Waals surface area contributed by atoms with Gasteiger partial charge in [0.25, 0.3) is 0 Å². The van der Waals surface area contributed by atoms with Crippen molar-refractivity contribution in [2.75, 3.05) is 7.11 Å². The van der Waals surface area contributed by atoms with E-state index in [4.69, 9.17) is 0 Å². The summed E-state index contributed by atoms with van der Waals surface area (Å²) in [5.74, 6) is 4.22.